The first kappa shape index (κ1) is 33.0. The molecule has 1 aliphatic carbocycles. The average Bonchev–Trinajstić information content (AvgIpc) is 3.70. The van der Waals surface area contributed by atoms with E-state index in [0.29, 0.717) is 5.02 Å². The molecule has 0 bridgehead atoms. The van der Waals surface area contributed by atoms with Crippen molar-refractivity contribution in [3.05, 3.63) is 112 Å². The minimum atomic E-state index is -0.911. The number of halogens is 1. The molecule has 0 unspecified atom stereocenters. The normalized spacial score (nSPS) is 15.0. The van der Waals surface area contributed by atoms with E-state index >= 15 is 0 Å². The van der Waals surface area contributed by atoms with Crippen molar-refractivity contribution >= 4 is 90.1 Å². The molecule has 0 saturated heterocycles. The molecular weight excluding hydrogens is 590 g/mol. The number of rotatable bonds is 12. The number of hydrogen-bond donors (Lipinski definition) is 2. The molecule has 1 fully saturated rings. The second-order valence-electron chi connectivity index (χ2n) is 11.7. The first-order valence-corrected chi connectivity index (χ1v) is 15.5. The fraction of sp³-hybridized carbons (Fsp3) is 0.314. The van der Waals surface area contributed by atoms with Gasteiger partial charge in [-0.25, -0.2) is 4.98 Å². The van der Waals surface area contributed by atoms with Gasteiger partial charge in [0.05, 0.1) is 23.2 Å². The Morgan fingerprint density at radius 3 is 2.55 bits per heavy atom. The van der Waals surface area contributed by atoms with Crippen molar-refractivity contribution in [2.75, 3.05) is 5.75 Å². The van der Waals surface area contributed by atoms with Crippen LogP contribution in [0.25, 0.3) is 23.1 Å². The SMILES string of the molecule is CC(C)(O)c1ccccc1CC[C@@H](SCC1(CC(=O)O)CC1)c1cccc(/C=C/c2ccc3ccc(Cl)cc3n2)c1.[CaH2]. The third-order valence-electron chi connectivity index (χ3n) is 7.83. The Morgan fingerprint density at radius 1 is 1.05 bits per heavy atom. The number of carboxylic acid groups (broad SMARTS) is 1. The molecule has 216 valence electrons. The minimum absolute atomic E-state index is 0. The molecule has 0 aliphatic heterocycles. The summed E-state index contributed by atoms with van der Waals surface area (Å²) in [5.41, 5.74) is 5.15. The van der Waals surface area contributed by atoms with Gasteiger partial charge in [-0.3, -0.25) is 4.79 Å². The van der Waals surface area contributed by atoms with Crippen LogP contribution in [0.5, 0.6) is 0 Å². The van der Waals surface area contributed by atoms with Gasteiger partial charge in [0, 0.05) is 21.4 Å². The second kappa shape index (κ2) is 14.3. The van der Waals surface area contributed by atoms with Crippen LogP contribution in [0.15, 0.2) is 78.9 Å². The zero-order valence-corrected chi connectivity index (χ0v) is 25.1. The number of fused-ring (bicyclic) bond motifs is 1. The Kier molecular flexibility index (Phi) is 11.2. The zero-order valence-electron chi connectivity index (χ0n) is 23.5. The van der Waals surface area contributed by atoms with Crippen molar-refractivity contribution in [1.29, 1.82) is 0 Å². The summed E-state index contributed by atoms with van der Waals surface area (Å²) in [4.78, 5) is 16.2. The molecule has 1 aromatic heterocycles. The molecule has 0 amide bonds. The van der Waals surface area contributed by atoms with Crippen LogP contribution in [0.3, 0.4) is 0 Å². The summed E-state index contributed by atoms with van der Waals surface area (Å²) >= 11 is 8.04. The first-order chi connectivity index (χ1) is 19.6. The fourth-order valence-corrected chi connectivity index (χ4v) is 7.09. The summed E-state index contributed by atoms with van der Waals surface area (Å²) in [7, 11) is 0. The number of aliphatic carboxylic acids is 1. The predicted molar refractivity (Wildman–Crippen MR) is 180 cm³/mol. The molecule has 5 rings (SSSR count). The van der Waals surface area contributed by atoms with Crippen molar-refractivity contribution in [2.24, 2.45) is 5.41 Å². The standard InChI is InChI=1S/C35H36ClNO3S.Ca.2H/c1-34(2,40)30-9-4-3-7-25(30)13-17-32(41-23-35(18-19-35)22-33(38)39)27-8-5-6-24(20-27)10-15-29-16-12-26-11-14-28(36)21-31(26)37-29;;;/h3-12,14-16,20-21,32,40H,13,17-19,22-23H2,1-2H3,(H,38,39);;;/b15-10+;;;/t32-;;;/m1.../s1. The number of aliphatic hydroxyl groups is 1. The third kappa shape index (κ3) is 8.84. The Morgan fingerprint density at radius 2 is 1.81 bits per heavy atom. The van der Waals surface area contributed by atoms with E-state index < -0.39 is 11.6 Å². The van der Waals surface area contributed by atoms with Crippen molar-refractivity contribution in [2.45, 2.75) is 56.8 Å². The average molecular weight is 628 g/mol. The van der Waals surface area contributed by atoms with Crippen molar-refractivity contribution in [1.82, 2.24) is 4.98 Å². The number of aryl methyl sites for hydroxylation is 1. The number of carboxylic acids is 1. The van der Waals surface area contributed by atoms with E-state index in [0.717, 1.165) is 64.7 Å². The van der Waals surface area contributed by atoms with E-state index in [1.807, 2.05) is 74.1 Å². The van der Waals surface area contributed by atoms with Gasteiger partial charge in [0.2, 0.25) is 0 Å². The molecule has 42 heavy (non-hydrogen) atoms. The second-order valence-corrected chi connectivity index (χ2v) is 13.3. The molecule has 0 radical (unpaired) electrons. The molecular formula is C35H38CaClNO3S. The Bertz CT molecular complexity index is 1580. The summed E-state index contributed by atoms with van der Waals surface area (Å²) in [5, 5.41) is 22.1. The van der Waals surface area contributed by atoms with Gasteiger partial charge in [-0.05, 0) is 91.5 Å². The van der Waals surface area contributed by atoms with Crippen molar-refractivity contribution in [3.8, 4) is 0 Å². The van der Waals surface area contributed by atoms with Gasteiger partial charge < -0.3 is 10.2 Å². The Labute approximate surface area is 287 Å². The molecule has 2 N–H and O–H groups in total. The number of carbonyl (C=O) groups is 1. The summed E-state index contributed by atoms with van der Waals surface area (Å²) in [6.07, 6.45) is 8.02. The van der Waals surface area contributed by atoms with Crippen LogP contribution in [0.4, 0.5) is 0 Å². The number of pyridine rings is 1. The molecule has 1 atom stereocenters. The molecule has 1 saturated carbocycles. The van der Waals surface area contributed by atoms with Gasteiger partial charge in [-0.15, -0.1) is 0 Å². The maximum absolute atomic E-state index is 11.5. The number of benzene rings is 3. The van der Waals surface area contributed by atoms with E-state index in [-0.39, 0.29) is 54.8 Å². The van der Waals surface area contributed by atoms with E-state index in [2.05, 4.69) is 42.5 Å². The maximum atomic E-state index is 11.5. The van der Waals surface area contributed by atoms with Crippen molar-refractivity contribution in [3.63, 3.8) is 0 Å². The van der Waals surface area contributed by atoms with Crippen LogP contribution in [-0.4, -0.2) is 64.7 Å². The zero-order chi connectivity index (χ0) is 29.0. The summed E-state index contributed by atoms with van der Waals surface area (Å²) in [6, 6.07) is 26.5. The fourth-order valence-electron chi connectivity index (χ4n) is 5.36. The van der Waals surface area contributed by atoms with Gasteiger partial charge in [0.25, 0.3) is 0 Å². The molecule has 1 heterocycles. The van der Waals surface area contributed by atoms with Crippen LogP contribution in [0.2, 0.25) is 5.02 Å². The van der Waals surface area contributed by atoms with Gasteiger partial charge in [0.1, 0.15) is 0 Å². The van der Waals surface area contributed by atoms with Crippen LogP contribution in [0.1, 0.15) is 72.7 Å². The predicted octanol–water partition coefficient (Wildman–Crippen LogP) is 8.03. The molecule has 7 heteroatoms. The Balaban J connectivity index is 0.00000405. The van der Waals surface area contributed by atoms with Gasteiger partial charge in [-0.2, -0.15) is 11.8 Å². The number of nitrogens with zero attached hydrogens (tertiary/aromatic N) is 1. The molecule has 4 nitrogen and oxygen atoms in total. The van der Waals surface area contributed by atoms with E-state index in [4.69, 9.17) is 16.6 Å². The van der Waals surface area contributed by atoms with Crippen LogP contribution in [-0.2, 0) is 16.8 Å². The number of hydrogen-bond acceptors (Lipinski definition) is 4. The molecule has 4 aromatic rings. The van der Waals surface area contributed by atoms with Crippen LogP contribution >= 0.6 is 23.4 Å². The van der Waals surface area contributed by atoms with Crippen LogP contribution < -0.4 is 0 Å². The van der Waals surface area contributed by atoms with Gasteiger partial charge in [-0.1, -0.05) is 78.3 Å². The molecule has 3 aromatic carbocycles. The van der Waals surface area contributed by atoms with Gasteiger partial charge >= 0.3 is 43.7 Å². The first-order valence-electron chi connectivity index (χ1n) is 14.1. The monoisotopic (exact) mass is 627 g/mol. The summed E-state index contributed by atoms with van der Waals surface area (Å²) in [5.74, 6) is 0.122. The van der Waals surface area contributed by atoms with Crippen LogP contribution in [0, 0.1) is 5.41 Å². The van der Waals surface area contributed by atoms with E-state index in [1.165, 1.54) is 5.56 Å². The van der Waals surface area contributed by atoms with Gasteiger partial charge in [0.15, 0.2) is 0 Å². The molecule has 0 spiro atoms. The number of thioether (sulfide) groups is 1. The third-order valence-corrected chi connectivity index (χ3v) is 9.76. The summed E-state index contributed by atoms with van der Waals surface area (Å²) in [6.45, 7) is 3.66. The summed E-state index contributed by atoms with van der Waals surface area (Å²) < 4.78 is 0. The quantitative estimate of drug-likeness (QED) is 0.156. The van der Waals surface area contributed by atoms with Crippen molar-refractivity contribution < 1.29 is 15.0 Å². The Hall–Kier alpha value is -1.86. The topological polar surface area (TPSA) is 70.4 Å². The number of aromatic nitrogens is 1. The van der Waals surface area contributed by atoms with E-state index in [1.54, 1.807) is 0 Å². The molecule has 1 aliphatic rings. The van der Waals surface area contributed by atoms with E-state index in [9.17, 15) is 15.0 Å².